The third-order valence-electron chi connectivity index (χ3n) is 3.95. The highest BCUT2D eigenvalue weighted by Crippen LogP contribution is 2.34. The molecule has 2 aliphatic heterocycles. The lowest BCUT2D eigenvalue weighted by Gasteiger charge is -2.14. The molecule has 0 saturated carbocycles. The van der Waals surface area contributed by atoms with Crippen molar-refractivity contribution in [2.24, 2.45) is 16.0 Å². The topological polar surface area (TPSA) is 82.3 Å². The van der Waals surface area contributed by atoms with Crippen LogP contribution in [0.15, 0.2) is 52.6 Å². The Morgan fingerprint density at radius 2 is 1.92 bits per heavy atom. The lowest BCUT2D eigenvalue weighted by molar-refractivity contribution is -0.118. The van der Waals surface area contributed by atoms with Crippen LogP contribution in [-0.4, -0.2) is 28.9 Å². The molecule has 0 fully saturated rings. The van der Waals surface area contributed by atoms with Gasteiger partial charge in [-0.25, -0.2) is 9.18 Å². The Kier molecular flexibility index (Phi) is 3.02. The molecule has 0 radical (unpaired) electrons. The second kappa shape index (κ2) is 5.09. The van der Waals surface area contributed by atoms with Crippen LogP contribution in [0.3, 0.4) is 0 Å². The molecule has 6 nitrogen and oxygen atoms in total. The Hall–Kier alpha value is -3.35. The smallest absolute Gasteiger partial charge is 0.335 e. The van der Waals surface area contributed by atoms with E-state index in [1.165, 1.54) is 41.6 Å². The van der Waals surface area contributed by atoms with E-state index in [1.54, 1.807) is 12.1 Å². The van der Waals surface area contributed by atoms with Gasteiger partial charge in [0.25, 0.3) is 5.91 Å². The number of para-hydroxylation sites is 1. The number of amides is 1. The van der Waals surface area contributed by atoms with Gasteiger partial charge in [-0.2, -0.15) is 10.1 Å². The molecule has 1 amide bonds. The van der Waals surface area contributed by atoms with Crippen molar-refractivity contribution in [2.45, 2.75) is 0 Å². The van der Waals surface area contributed by atoms with Crippen molar-refractivity contribution in [1.82, 2.24) is 0 Å². The number of hydrogen-bond donors (Lipinski definition) is 1. The Bertz CT molecular complexity index is 935. The minimum Gasteiger partial charge on any atom is -0.478 e. The van der Waals surface area contributed by atoms with Crippen LogP contribution in [0.2, 0.25) is 0 Å². The predicted octanol–water partition coefficient (Wildman–Crippen LogP) is 2.61. The largest absolute Gasteiger partial charge is 0.478 e. The lowest BCUT2D eigenvalue weighted by atomic mass is 9.94. The molecule has 2 aliphatic rings. The Labute approximate surface area is 135 Å². The maximum Gasteiger partial charge on any atom is 0.335 e. The first-order chi connectivity index (χ1) is 11.6. The number of rotatable bonds is 2. The molecule has 0 saturated heterocycles. The molecule has 2 heterocycles. The minimum absolute atomic E-state index is 0.115. The predicted molar refractivity (Wildman–Crippen MR) is 85.5 cm³/mol. The molecule has 0 spiro atoms. The van der Waals surface area contributed by atoms with Crippen LogP contribution in [0.5, 0.6) is 0 Å². The Morgan fingerprint density at radius 1 is 1.17 bits per heavy atom. The fraction of sp³-hybridized carbons (Fsp3) is 0.0588. The summed E-state index contributed by atoms with van der Waals surface area (Å²) in [6.45, 7) is 0. The van der Waals surface area contributed by atoms with Crippen molar-refractivity contribution in [3.63, 3.8) is 0 Å². The summed E-state index contributed by atoms with van der Waals surface area (Å²) in [7, 11) is 0. The van der Waals surface area contributed by atoms with E-state index in [0.29, 0.717) is 17.0 Å². The van der Waals surface area contributed by atoms with E-state index >= 15 is 0 Å². The molecule has 24 heavy (non-hydrogen) atoms. The van der Waals surface area contributed by atoms with Crippen LogP contribution < -0.4 is 5.01 Å². The number of hydrazone groups is 1. The summed E-state index contributed by atoms with van der Waals surface area (Å²) < 4.78 is 13.8. The van der Waals surface area contributed by atoms with Gasteiger partial charge in [-0.3, -0.25) is 9.79 Å². The highest BCUT2D eigenvalue weighted by Gasteiger charge is 2.39. The van der Waals surface area contributed by atoms with Crippen LogP contribution in [0.1, 0.15) is 15.9 Å². The summed E-state index contributed by atoms with van der Waals surface area (Å²) >= 11 is 0. The van der Waals surface area contributed by atoms with Gasteiger partial charge in [-0.15, -0.1) is 0 Å². The highest BCUT2D eigenvalue weighted by atomic mass is 19.1. The van der Waals surface area contributed by atoms with Crippen molar-refractivity contribution in [3.8, 4) is 0 Å². The Balaban J connectivity index is 1.77. The van der Waals surface area contributed by atoms with Crippen molar-refractivity contribution in [3.05, 3.63) is 59.4 Å². The maximum atomic E-state index is 13.8. The van der Waals surface area contributed by atoms with Gasteiger partial charge in [-0.05, 0) is 30.3 Å². The first-order valence-electron chi connectivity index (χ1n) is 7.15. The molecule has 1 atom stereocenters. The number of carbonyl (C=O) groups excluding carboxylic acids is 1. The lowest BCUT2D eigenvalue weighted by Crippen LogP contribution is -2.29. The average molecular weight is 323 g/mol. The zero-order chi connectivity index (χ0) is 16.8. The number of benzene rings is 2. The van der Waals surface area contributed by atoms with E-state index in [0.717, 1.165) is 0 Å². The number of fused-ring (bicyclic) bond motifs is 3. The number of aliphatic imine (C=N–C) groups is 1. The van der Waals surface area contributed by atoms with Gasteiger partial charge in [0.05, 0.1) is 17.0 Å². The number of nitrogens with zero attached hydrogens (tertiary/aromatic N) is 3. The van der Waals surface area contributed by atoms with Crippen LogP contribution >= 0.6 is 0 Å². The summed E-state index contributed by atoms with van der Waals surface area (Å²) in [6, 6.07) is 10.3. The third kappa shape index (κ3) is 2.02. The zero-order valence-corrected chi connectivity index (χ0v) is 12.2. The summed E-state index contributed by atoms with van der Waals surface area (Å²) in [5.74, 6) is -2.50. The molecule has 0 aromatic heterocycles. The average Bonchev–Trinajstić information content (AvgIpc) is 2.93. The Morgan fingerprint density at radius 3 is 2.62 bits per heavy atom. The van der Waals surface area contributed by atoms with E-state index in [9.17, 15) is 14.0 Å². The molecule has 0 aliphatic carbocycles. The molecule has 1 N–H and O–H groups in total. The number of carboxylic acids is 1. The molecule has 7 heteroatoms. The van der Waals surface area contributed by atoms with Crippen LogP contribution in [0.25, 0.3) is 0 Å². The van der Waals surface area contributed by atoms with Gasteiger partial charge in [0.1, 0.15) is 17.4 Å². The number of carbonyl (C=O) groups is 2. The van der Waals surface area contributed by atoms with Crippen molar-refractivity contribution in [1.29, 1.82) is 0 Å². The monoisotopic (exact) mass is 323 g/mol. The molecule has 118 valence electrons. The van der Waals surface area contributed by atoms with Crippen LogP contribution in [0.4, 0.5) is 15.8 Å². The van der Waals surface area contributed by atoms with Gasteiger partial charge >= 0.3 is 5.97 Å². The molecular weight excluding hydrogens is 313 g/mol. The summed E-state index contributed by atoms with van der Waals surface area (Å²) in [4.78, 5) is 27.5. The van der Waals surface area contributed by atoms with E-state index < -0.39 is 17.7 Å². The number of aromatic carboxylic acids is 1. The van der Waals surface area contributed by atoms with Crippen molar-refractivity contribution in [2.75, 3.05) is 5.01 Å². The normalized spacial score (nSPS) is 18.2. The fourth-order valence-corrected chi connectivity index (χ4v) is 2.76. The standard InChI is InChI=1S/C17H10FN3O3/c18-13-3-1-2-11-14-12(8-19-15(11)13)16(22)21(20-14)10-6-4-9(5-7-10)17(23)24/h1-8,12H,(H,23,24). The second-order valence-corrected chi connectivity index (χ2v) is 5.38. The SMILES string of the molecule is O=C(O)c1ccc(N2N=C3c4cccc(F)c4N=CC3C2=O)cc1. The molecule has 2 aromatic carbocycles. The van der Waals surface area contributed by atoms with E-state index in [-0.39, 0.29) is 17.2 Å². The number of carboxylic acid groups (broad SMARTS) is 1. The summed E-state index contributed by atoms with van der Waals surface area (Å²) in [5, 5.41) is 14.4. The zero-order valence-electron chi connectivity index (χ0n) is 12.2. The molecular formula is C17H10FN3O3. The quantitative estimate of drug-likeness (QED) is 0.922. The maximum absolute atomic E-state index is 13.8. The number of halogens is 1. The van der Waals surface area contributed by atoms with Gasteiger partial charge in [-0.1, -0.05) is 12.1 Å². The number of hydrogen-bond acceptors (Lipinski definition) is 4. The second-order valence-electron chi connectivity index (χ2n) is 5.38. The van der Waals surface area contributed by atoms with Gasteiger partial charge in [0.2, 0.25) is 0 Å². The molecule has 0 bridgehead atoms. The molecule has 4 rings (SSSR count). The van der Waals surface area contributed by atoms with E-state index in [4.69, 9.17) is 5.11 Å². The fourth-order valence-electron chi connectivity index (χ4n) is 2.76. The van der Waals surface area contributed by atoms with Crippen molar-refractivity contribution >= 4 is 35.2 Å². The van der Waals surface area contributed by atoms with E-state index in [2.05, 4.69) is 10.1 Å². The van der Waals surface area contributed by atoms with Gasteiger partial charge in [0, 0.05) is 11.8 Å². The molecule has 1 unspecified atom stereocenters. The van der Waals surface area contributed by atoms with Crippen molar-refractivity contribution < 1.29 is 19.1 Å². The number of anilines is 1. The van der Waals surface area contributed by atoms with Gasteiger partial charge in [0.15, 0.2) is 0 Å². The van der Waals surface area contributed by atoms with Gasteiger partial charge < -0.3 is 5.11 Å². The van der Waals surface area contributed by atoms with Crippen LogP contribution in [0, 0.1) is 11.7 Å². The van der Waals surface area contributed by atoms with Crippen LogP contribution in [-0.2, 0) is 4.79 Å². The first kappa shape index (κ1) is 14.3. The third-order valence-corrected chi connectivity index (χ3v) is 3.95. The molecule has 2 aromatic rings. The van der Waals surface area contributed by atoms with E-state index in [1.807, 2.05) is 0 Å². The summed E-state index contributed by atoms with van der Waals surface area (Å²) in [5.41, 5.74) is 1.65. The summed E-state index contributed by atoms with van der Waals surface area (Å²) in [6.07, 6.45) is 1.39. The minimum atomic E-state index is -1.05. The highest BCUT2D eigenvalue weighted by molar-refractivity contribution is 6.31. The first-order valence-corrected chi connectivity index (χ1v) is 7.15.